The molecule has 0 bridgehead atoms. The Kier molecular flexibility index (Phi) is 6.94. The minimum Gasteiger partial charge on any atom is -0.353 e. The molecule has 0 unspecified atom stereocenters. The summed E-state index contributed by atoms with van der Waals surface area (Å²) in [6.45, 7) is 7.85. The van der Waals surface area contributed by atoms with Crippen LogP contribution in [0, 0.1) is 0 Å². The zero-order chi connectivity index (χ0) is 20.0. The van der Waals surface area contributed by atoms with E-state index >= 15 is 0 Å². The van der Waals surface area contributed by atoms with E-state index in [0.29, 0.717) is 26.2 Å². The number of nitrogens with one attached hydrogen (secondary N) is 2. The molecule has 28 heavy (non-hydrogen) atoms. The van der Waals surface area contributed by atoms with Gasteiger partial charge in [-0.15, -0.1) is 0 Å². The first kappa shape index (κ1) is 20.6. The molecule has 6 heteroatoms. The third kappa shape index (κ3) is 5.25. The number of hydrogen-bond donors (Lipinski definition) is 2. The summed E-state index contributed by atoms with van der Waals surface area (Å²) in [6.07, 6.45) is 4.72. The number of carbonyl (C=O) groups excluding carboxylic acids is 2. The van der Waals surface area contributed by atoms with Crippen LogP contribution in [-0.4, -0.2) is 67.0 Å². The summed E-state index contributed by atoms with van der Waals surface area (Å²) in [4.78, 5) is 28.6. The molecule has 1 aliphatic carbocycles. The molecular weight excluding hydrogens is 352 g/mol. The SMILES string of the molecule is CC(C)NC(=O)CN1CCN(C(=O)NCC2(c3ccccc3)CCCC2)CC1. The second-order valence-electron chi connectivity index (χ2n) is 8.50. The molecule has 1 saturated heterocycles. The lowest BCUT2D eigenvalue weighted by molar-refractivity contribution is -0.123. The highest BCUT2D eigenvalue weighted by molar-refractivity contribution is 5.78. The molecule has 1 aromatic rings. The first-order valence-electron chi connectivity index (χ1n) is 10.6. The summed E-state index contributed by atoms with van der Waals surface area (Å²) in [5.41, 5.74) is 1.42. The molecule has 1 heterocycles. The molecule has 0 radical (unpaired) electrons. The third-order valence-corrected chi connectivity index (χ3v) is 6.00. The van der Waals surface area contributed by atoms with E-state index in [9.17, 15) is 9.59 Å². The van der Waals surface area contributed by atoms with E-state index in [1.54, 1.807) is 0 Å². The van der Waals surface area contributed by atoms with E-state index in [1.807, 2.05) is 24.8 Å². The molecule has 6 nitrogen and oxygen atoms in total. The predicted molar refractivity (Wildman–Crippen MR) is 111 cm³/mol. The minimum atomic E-state index is 0.0217. The number of urea groups is 1. The highest BCUT2D eigenvalue weighted by atomic mass is 16.2. The molecule has 1 saturated carbocycles. The van der Waals surface area contributed by atoms with Crippen LogP contribution in [0.1, 0.15) is 45.1 Å². The average Bonchev–Trinajstić information content (AvgIpc) is 3.17. The molecule has 1 aromatic carbocycles. The fourth-order valence-corrected chi connectivity index (χ4v) is 4.45. The Hall–Kier alpha value is -2.08. The van der Waals surface area contributed by atoms with Crippen LogP contribution in [0.5, 0.6) is 0 Å². The van der Waals surface area contributed by atoms with Crippen molar-refractivity contribution in [3.8, 4) is 0 Å². The van der Waals surface area contributed by atoms with Crippen LogP contribution in [0.15, 0.2) is 30.3 Å². The van der Waals surface area contributed by atoms with Gasteiger partial charge < -0.3 is 15.5 Å². The third-order valence-electron chi connectivity index (χ3n) is 6.00. The Morgan fingerprint density at radius 2 is 1.68 bits per heavy atom. The number of piperazine rings is 1. The van der Waals surface area contributed by atoms with Gasteiger partial charge in [-0.3, -0.25) is 9.69 Å². The molecule has 2 fully saturated rings. The second-order valence-corrected chi connectivity index (χ2v) is 8.50. The van der Waals surface area contributed by atoms with E-state index in [-0.39, 0.29) is 23.4 Å². The Morgan fingerprint density at radius 1 is 1.04 bits per heavy atom. The maximum absolute atomic E-state index is 12.7. The van der Waals surface area contributed by atoms with E-state index in [4.69, 9.17) is 0 Å². The van der Waals surface area contributed by atoms with Crippen LogP contribution >= 0.6 is 0 Å². The van der Waals surface area contributed by atoms with Crippen molar-refractivity contribution in [3.63, 3.8) is 0 Å². The number of amides is 3. The van der Waals surface area contributed by atoms with Crippen LogP contribution < -0.4 is 10.6 Å². The van der Waals surface area contributed by atoms with Crippen molar-refractivity contribution < 1.29 is 9.59 Å². The molecule has 1 aliphatic heterocycles. The fraction of sp³-hybridized carbons (Fsp3) is 0.636. The zero-order valence-corrected chi connectivity index (χ0v) is 17.2. The van der Waals surface area contributed by atoms with Gasteiger partial charge in [-0.05, 0) is 32.3 Å². The predicted octanol–water partition coefficient (Wildman–Crippen LogP) is 2.35. The van der Waals surface area contributed by atoms with Gasteiger partial charge in [0, 0.05) is 44.2 Å². The average molecular weight is 387 g/mol. The molecule has 0 atom stereocenters. The standard InChI is InChI=1S/C22H34N4O2/c1-18(2)24-20(27)16-25-12-14-26(15-13-25)21(28)23-17-22(10-6-7-11-22)19-8-4-3-5-9-19/h3-5,8-9,18H,6-7,10-17H2,1-2H3,(H,23,28)(H,24,27). The van der Waals surface area contributed by atoms with Gasteiger partial charge >= 0.3 is 6.03 Å². The topological polar surface area (TPSA) is 64.7 Å². The lowest BCUT2D eigenvalue weighted by atomic mass is 9.79. The normalized spacial score (nSPS) is 19.6. The van der Waals surface area contributed by atoms with Gasteiger partial charge in [0.1, 0.15) is 0 Å². The maximum atomic E-state index is 12.7. The van der Waals surface area contributed by atoms with Gasteiger partial charge in [0.2, 0.25) is 5.91 Å². The maximum Gasteiger partial charge on any atom is 0.317 e. The summed E-state index contributed by atoms with van der Waals surface area (Å²) >= 11 is 0. The number of hydrogen-bond acceptors (Lipinski definition) is 3. The van der Waals surface area contributed by atoms with Crippen molar-refractivity contribution in [2.24, 2.45) is 0 Å². The summed E-state index contributed by atoms with van der Waals surface area (Å²) < 4.78 is 0. The van der Waals surface area contributed by atoms with Gasteiger partial charge in [-0.2, -0.15) is 0 Å². The lowest BCUT2D eigenvalue weighted by Crippen LogP contribution is -2.54. The van der Waals surface area contributed by atoms with Crippen LogP contribution in [0.2, 0.25) is 0 Å². The zero-order valence-electron chi connectivity index (χ0n) is 17.2. The van der Waals surface area contributed by atoms with E-state index in [1.165, 1.54) is 18.4 Å². The van der Waals surface area contributed by atoms with Gasteiger partial charge in [-0.1, -0.05) is 43.2 Å². The Morgan fingerprint density at radius 3 is 2.29 bits per heavy atom. The van der Waals surface area contributed by atoms with E-state index < -0.39 is 0 Å². The molecule has 0 aromatic heterocycles. The quantitative estimate of drug-likeness (QED) is 0.789. The smallest absolute Gasteiger partial charge is 0.317 e. The Bertz CT molecular complexity index is 648. The van der Waals surface area contributed by atoms with Crippen LogP contribution in [0.3, 0.4) is 0 Å². The Labute approximate surface area is 168 Å². The monoisotopic (exact) mass is 386 g/mol. The minimum absolute atomic E-state index is 0.0217. The molecule has 154 valence electrons. The Balaban J connectivity index is 1.47. The molecule has 2 aliphatic rings. The number of nitrogens with zero attached hydrogens (tertiary/aromatic N) is 2. The van der Waals surface area contributed by atoms with Crippen molar-refractivity contribution in [2.75, 3.05) is 39.3 Å². The summed E-state index contributed by atoms with van der Waals surface area (Å²) in [5.74, 6) is 0.0546. The highest BCUT2D eigenvalue weighted by Crippen LogP contribution is 2.40. The summed E-state index contributed by atoms with van der Waals surface area (Å²) in [5, 5.41) is 6.13. The van der Waals surface area contributed by atoms with Crippen molar-refractivity contribution in [3.05, 3.63) is 35.9 Å². The first-order valence-corrected chi connectivity index (χ1v) is 10.6. The van der Waals surface area contributed by atoms with E-state index in [0.717, 1.165) is 25.9 Å². The van der Waals surface area contributed by atoms with Crippen molar-refractivity contribution in [2.45, 2.75) is 51.0 Å². The van der Waals surface area contributed by atoms with Crippen molar-refractivity contribution >= 4 is 11.9 Å². The molecular formula is C22H34N4O2. The van der Waals surface area contributed by atoms with Gasteiger partial charge in [0.25, 0.3) is 0 Å². The molecule has 2 N–H and O–H groups in total. The molecule has 3 rings (SSSR count). The van der Waals surface area contributed by atoms with Gasteiger partial charge in [0.15, 0.2) is 0 Å². The second kappa shape index (κ2) is 9.41. The lowest BCUT2D eigenvalue weighted by Gasteiger charge is -2.36. The first-order chi connectivity index (χ1) is 13.5. The van der Waals surface area contributed by atoms with Crippen LogP contribution in [-0.2, 0) is 10.2 Å². The number of rotatable bonds is 6. The highest BCUT2D eigenvalue weighted by Gasteiger charge is 2.36. The van der Waals surface area contributed by atoms with E-state index in [2.05, 4.69) is 39.8 Å². The number of benzene rings is 1. The molecule has 3 amide bonds. The molecule has 0 spiro atoms. The summed E-state index contributed by atoms with van der Waals surface area (Å²) in [6, 6.07) is 10.8. The largest absolute Gasteiger partial charge is 0.353 e. The number of carbonyl (C=O) groups is 2. The van der Waals surface area contributed by atoms with Crippen molar-refractivity contribution in [1.29, 1.82) is 0 Å². The van der Waals surface area contributed by atoms with Crippen LogP contribution in [0.25, 0.3) is 0 Å². The summed E-state index contributed by atoms with van der Waals surface area (Å²) in [7, 11) is 0. The van der Waals surface area contributed by atoms with Crippen molar-refractivity contribution in [1.82, 2.24) is 20.4 Å². The fourth-order valence-electron chi connectivity index (χ4n) is 4.45. The van der Waals surface area contributed by atoms with Crippen LogP contribution in [0.4, 0.5) is 4.79 Å². The van der Waals surface area contributed by atoms with Gasteiger partial charge in [0.05, 0.1) is 6.54 Å². The van der Waals surface area contributed by atoms with Gasteiger partial charge in [-0.25, -0.2) is 4.79 Å².